The van der Waals surface area contributed by atoms with Crippen LogP contribution in [0.2, 0.25) is 0 Å². The van der Waals surface area contributed by atoms with Crippen LogP contribution in [0.4, 0.5) is 4.79 Å². The molecule has 4 rings (SSSR count). The lowest BCUT2D eigenvalue weighted by molar-refractivity contribution is 0.207. The molecule has 3 aromatic rings. The number of ether oxygens (including phenoxy) is 1. The number of carbonyl (C=O) groups is 1. The van der Waals surface area contributed by atoms with Gasteiger partial charge >= 0.3 is 6.03 Å². The van der Waals surface area contributed by atoms with Crippen LogP contribution in [-0.2, 0) is 6.42 Å². The molecule has 2 aromatic carbocycles. The minimum Gasteiger partial charge on any atom is -0.494 e. The summed E-state index contributed by atoms with van der Waals surface area (Å²) in [6, 6.07) is 15.3. The number of aryl methyl sites for hydroxylation is 1. The molecule has 1 aliphatic heterocycles. The van der Waals surface area contributed by atoms with Gasteiger partial charge in [-0.25, -0.2) is 4.79 Å². The molecule has 0 bridgehead atoms. The predicted octanol–water partition coefficient (Wildman–Crippen LogP) is 5.22. The van der Waals surface area contributed by atoms with Crippen molar-refractivity contribution in [2.45, 2.75) is 40.2 Å². The van der Waals surface area contributed by atoms with E-state index in [0.29, 0.717) is 24.9 Å². The van der Waals surface area contributed by atoms with Crippen molar-refractivity contribution < 1.29 is 14.1 Å². The third kappa shape index (κ3) is 4.10. The first-order valence-corrected chi connectivity index (χ1v) is 11.0. The fourth-order valence-corrected chi connectivity index (χ4v) is 3.95. The Morgan fingerprint density at radius 3 is 2.41 bits per heavy atom. The summed E-state index contributed by atoms with van der Waals surface area (Å²) < 4.78 is 11.3. The van der Waals surface area contributed by atoms with Crippen LogP contribution < -0.4 is 10.1 Å². The van der Waals surface area contributed by atoms with Crippen LogP contribution in [0.15, 0.2) is 58.8 Å². The van der Waals surface area contributed by atoms with Crippen molar-refractivity contribution in [1.29, 1.82) is 0 Å². The van der Waals surface area contributed by atoms with E-state index in [9.17, 15) is 4.79 Å². The highest BCUT2D eigenvalue weighted by molar-refractivity contribution is 5.86. The maximum atomic E-state index is 12.7. The molecule has 2 amide bonds. The van der Waals surface area contributed by atoms with Crippen molar-refractivity contribution in [2.75, 3.05) is 13.2 Å². The number of hydrogen-bond donors (Lipinski definition) is 1. The highest BCUT2D eigenvalue weighted by atomic mass is 16.5. The number of nitrogens with zero attached hydrogens (tertiary/aromatic N) is 3. The van der Waals surface area contributed by atoms with Gasteiger partial charge in [0.2, 0.25) is 5.82 Å². The molecular weight excluding hydrogens is 404 g/mol. The number of rotatable bonds is 7. The van der Waals surface area contributed by atoms with Crippen LogP contribution in [0.25, 0.3) is 17.0 Å². The summed E-state index contributed by atoms with van der Waals surface area (Å²) >= 11 is 0. The first kappa shape index (κ1) is 21.6. The lowest BCUT2D eigenvalue weighted by Crippen LogP contribution is -2.45. The number of amides is 2. The van der Waals surface area contributed by atoms with Gasteiger partial charge in [-0.2, -0.15) is 4.98 Å². The molecule has 1 atom stereocenters. The maximum Gasteiger partial charge on any atom is 0.322 e. The molecule has 0 aliphatic carbocycles. The first-order chi connectivity index (χ1) is 15.5. The quantitative estimate of drug-likeness (QED) is 0.554. The summed E-state index contributed by atoms with van der Waals surface area (Å²) in [5, 5.41) is 7.31. The molecule has 7 heteroatoms. The van der Waals surface area contributed by atoms with Crippen molar-refractivity contribution in [3.63, 3.8) is 0 Å². The average molecular weight is 433 g/mol. The molecular formula is C25H28N4O3. The van der Waals surface area contributed by atoms with Gasteiger partial charge in [-0.15, -0.1) is 0 Å². The average Bonchev–Trinajstić information content (AvgIpc) is 3.29. The predicted molar refractivity (Wildman–Crippen MR) is 123 cm³/mol. The Labute approximate surface area is 188 Å². The number of urea groups is 1. The number of allylic oxidation sites excluding steroid dienone is 1. The summed E-state index contributed by atoms with van der Waals surface area (Å²) in [6.45, 7) is 9.05. The van der Waals surface area contributed by atoms with Gasteiger partial charge in [-0.1, -0.05) is 48.5 Å². The van der Waals surface area contributed by atoms with Crippen LogP contribution in [0.5, 0.6) is 5.75 Å². The molecule has 1 aromatic heterocycles. The Morgan fingerprint density at radius 2 is 1.78 bits per heavy atom. The minimum atomic E-state index is -0.406. The fraction of sp³-hybridized carbons (Fsp3) is 0.320. The van der Waals surface area contributed by atoms with Gasteiger partial charge in [0.25, 0.3) is 5.89 Å². The maximum absolute atomic E-state index is 12.7. The number of benzene rings is 2. The van der Waals surface area contributed by atoms with Crippen molar-refractivity contribution in [2.24, 2.45) is 0 Å². The standard InChI is InChI=1S/C25H28N4O3/c1-5-17-8-10-19(11-9-17)23-27-24(32-28-23)21-16(4)29(6-2)25(30)26-22(21)18-12-14-20(15-13-18)31-7-3/h8-15,22H,5-7H2,1-4H3,(H,26,30). The van der Waals surface area contributed by atoms with E-state index in [2.05, 4.69) is 34.5 Å². The monoisotopic (exact) mass is 432 g/mol. The van der Waals surface area contributed by atoms with Gasteiger partial charge in [0, 0.05) is 17.8 Å². The Hall–Kier alpha value is -3.61. The second-order valence-corrected chi connectivity index (χ2v) is 7.60. The van der Waals surface area contributed by atoms with Crippen molar-refractivity contribution >= 4 is 11.6 Å². The van der Waals surface area contributed by atoms with E-state index in [1.165, 1.54) is 5.56 Å². The second-order valence-electron chi connectivity index (χ2n) is 7.60. The van der Waals surface area contributed by atoms with Crippen molar-refractivity contribution in [3.8, 4) is 17.1 Å². The van der Waals surface area contributed by atoms with Crippen LogP contribution in [0, 0.1) is 0 Å². The van der Waals surface area contributed by atoms with E-state index >= 15 is 0 Å². The molecule has 32 heavy (non-hydrogen) atoms. The highest BCUT2D eigenvalue weighted by Gasteiger charge is 2.35. The van der Waals surface area contributed by atoms with Gasteiger partial charge in [-0.3, -0.25) is 4.90 Å². The first-order valence-electron chi connectivity index (χ1n) is 11.0. The summed E-state index contributed by atoms with van der Waals surface area (Å²) in [4.78, 5) is 19.1. The van der Waals surface area contributed by atoms with Crippen molar-refractivity contribution in [1.82, 2.24) is 20.4 Å². The molecule has 7 nitrogen and oxygen atoms in total. The van der Waals surface area contributed by atoms with E-state index < -0.39 is 6.04 Å². The summed E-state index contributed by atoms with van der Waals surface area (Å²) in [5.41, 5.74) is 4.64. The molecule has 2 heterocycles. The SMILES string of the molecule is CCOc1ccc(C2NC(=O)N(CC)C(C)=C2c2nc(-c3ccc(CC)cc3)no2)cc1. The highest BCUT2D eigenvalue weighted by Crippen LogP contribution is 2.37. The number of carbonyl (C=O) groups excluding carboxylic acids is 1. The fourth-order valence-electron chi connectivity index (χ4n) is 3.95. The topological polar surface area (TPSA) is 80.5 Å². The summed E-state index contributed by atoms with van der Waals surface area (Å²) in [7, 11) is 0. The van der Waals surface area contributed by atoms with Crippen LogP contribution >= 0.6 is 0 Å². The van der Waals surface area contributed by atoms with E-state index in [1.807, 2.05) is 57.2 Å². The second kappa shape index (κ2) is 9.26. The molecule has 1 unspecified atom stereocenters. The molecule has 0 fully saturated rings. The third-order valence-corrected chi connectivity index (χ3v) is 5.71. The number of hydrogen-bond acceptors (Lipinski definition) is 5. The largest absolute Gasteiger partial charge is 0.494 e. The smallest absolute Gasteiger partial charge is 0.322 e. The Kier molecular flexibility index (Phi) is 6.25. The number of nitrogens with one attached hydrogen (secondary N) is 1. The van der Waals surface area contributed by atoms with Gasteiger partial charge in [-0.05, 0) is 50.5 Å². The van der Waals surface area contributed by atoms with E-state index in [-0.39, 0.29) is 6.03 Å². The lowest BCUT2D eigenvalue weighted by Gasteiger charge is -2.34. The molecule has 0 spiro atoms. The zero-order valence-electron chi connectivity index (χ0n) is 18.9. The van der Waals surface area contributed by atoms with E-state index in [1.54, 1.807) is 4.90 Å². The Bertz CT molecular complexity index is 1120. The van der Waals surface area contributed by atoms with Crippen molar-refractivity contribution in [3.05, 3.63) is 71.2 Å². The zero-order valence-corrected chi connectivity index (χ0v) is 18.9. The Balaban J connectivity index is 1.74. The third-order valence-electron chi connectivity index (χ3n) is 5.71. The van der Waals surface area contributed by atoms with Crippen LogP contribution in [0.1, 0.15) is 50.8 Å². The van der Waals surface area contributed by atoms with Gasteiger partial charge in [0.1, 0.15) is 5.75 Å². The summed E-state index contributed by atoms with van der Waals surface area (Å²) in [6.07, 6.45) is 0.972. The normalized spacial score (nSPS) is 16.3. The van der Waals surface area contributed by atoms with Gasteiger partial charge < -0.3 is 14.6 Å². The van der Waals surface area contributed by atoms with E-state index in [0.717, 1.165) is 34.6 Å². The lowest BCUT2D eigenvalue weighted by atomic mass is 9.94. The molecule has 1 N–H and O–H groups in total. The molecule has 0 radical (unpaired) electrons. The Morgan fingerprint density at radius 1 is 1.06 bits per heavy atom. The molecule has 1 aliphatic rings. The van der Waals surface area contributed by atoms with Gasteiger partial charge in [0.15, 0.2) is 0 Å². The van der Waals surface area contributed by atoms with Crippen LogP contribution in [-0.4, -0.2) is 34.2 Å². The minimum absolute atomic E-state index is 0.150. The summed E-state index contributed by atoms with van der Waals surface area (Å²) in [5.74, 6) is 1.70. The molecule has 166 valence electrons. The number of aromatic nitrogens is 2. The van der Waals surface area contributed by atoms with E-state index in [4.69, 9.17) is 9.26 Å². The zero-order chi connectivity index (χ0) is 22.7. The molecule has 0 saturated carbocycles. The molecule has 0 saturated heterocycles. The van der Waals surface area contributed by atoms with Crippen LogP contribution in [0.3, 0.4) is 0 Å². The van der Waals surface area contributed by atoms with Gasteiger partial charge in [0.05, 0.1) is 18.2 Å².